The fraction of sp³-hybridized carbons (Fsp3) is 0.500. The maximum atomic E-state index is 5.74. The number of ether oxygens (including phenoxy) is 1. The summed E-state index contributed by atoms with van der Waals surface area (Å²) in [6, 6.07) is 10.7. The van der Waals surface area contributed by atoms with Crippen molar-refractivity contribution in [3.05, 3.63) is 52.9 Å². The lowest BCUT2D eigenvalue weighted by Crippen LogP contribution is -2.39. The van der Waals surface area contributed by atoms with Crippen LogP contribution in [0.2, 0.25) is 0 Å². The molecule has 1 atom stereocenters. The van der Waals surface area contributed by atoms with Gasteiger partial charge in [-0.15, -0.1) is 0 Å². The highest BCUT2D eigenvalue weighted by atomic mass is 16.5. The van der Waals surface area contributed by atoms with Gasteiger partial charge in [0.15, 0.2) is 0 Å². The van der Waals surface area contributed by atoms with Crippen LogP contribution in [-0.2, 0) is 16.7 Å². The van der Waals surface area contributed by atoms with Gasteiger partial charge in [-0.1, -0.05) is 35.5 Å². The summed E-state index contributed by atoms with van der Waals surface area (Å²) in [6.45, 7) is 7.45. The van der Waals surface area contributed by atoms with E-state index in [0.717, 1.165) is 44.2 Å². The molecule has 0 saturated carbocycles. The second kappa shape index (κ2) is 6.23. The van der Waals surface area contributed by atoms with Crippen LogP contribution in [0.5, 0.6) is 0 Å². The minimum absolute atomic E-state index is 0.0922. The van der Waals surface area contributed by atoms with E-state index >= 15 is 0 Å². The molecule has 1 aliphatic heterocycles. The number of hydrogen-bond acceptors (Lipinski definition) is 4. The van der Waals surface area contributed by atoms with E-state index in [9.17, 15) is 0 Å². The second-order valence-electron chi connectivity index (χ2n) is 6.42. The van der Waals surface area contributed by atoms with Crippen LogP contribution in [0.15, 0.2) is 34.9 Å². The average molecular weight is 300 g/mol. The minimum Gasteiger partial charge on any atom is -0.380 e. The zero-order chi connectivity index (χ0) is 15.6. The summed E-state index contributed by atoms with van der Waals surface area (Å²) in [5, 5.41) is 4.05. The maximum Gasteiger partial charge on any atom is 0.138 e. The Labute approximate surface area is 132 Å². The molecule has 3 rings (SSSR count). The van der Waals surface area contributed by atoms with Crippen LogP contribution >= 0.6 is 0 Å². The number of benzene rings is 1. The van der Waals surface area contributed by atoms with Crippen molar-refractivity contribution in [1.82, 2.24) is 10.1 Å². The van der Waals surface area contributed by atoms with Crippen molar-refractivity contribution in [2.45, 2.75) is 32.2 Å². The molecule has 4 nitrogen and oxygen atoms in total. The van der Waals surface area contributed by atoms with Gasteiger partial charge in [0.1, 0.15) is 5.76 Å². The smallest absolute Gasteiger partial charge is 0.138 e. The summed E-state index contributed by atoms with van der Waals surface area (Å²) in [5.41, 5.74) is 3.65. The number of aromatic nitrogens is 1. The molecule has 1 aliphatic rings. The Morgan fingerprint density at radius 3 is 2.59 bits per heavy atom. The van der Waals surface area contributed by atoms with Crippen molar-refractivity contribution in [3.63, 3.8) is 0 Å². The van der Waals surface area contributed by atoms with E-state index in [-0.39, 0.29) is 5.41 Å². The van der Waals surface area contributed by atoms with Crippen molar-refractivity contribution < 1.29 is 9.26 Å². The highest BCUT2D eigenvalue weighted by molar-refractivity contribution is 5.28. The lowest BCUT2D eigenvalue weighted by molar-refractivity contribution is 0.157. The van der Waals surface area contributed by atoms with Crippen LogP contribution < -0.4 is 0 Å². The molecule has 0 radical (unpaired) electrons. The fourth-order valence-corrected chi connectivity index (χ4v) is 3.41. The largest absolute Gasteiger partial charge is 0.380 e. The maximum absolute atomic E-state index is 5.74. The molecule has 0 bridgehead atoms. The Hall–Kier alpha value is -1.65. The molecule has 0 amide bonds. The number of rotatable bonds is 5. The molecule has 22 heavy (non-hydrogen) atoms. The first-order valence-electron chi connectivity index (χ1n) is 7.84. The van der Waals surface area contributed by atoms with E-state index in [2.05, 4.69) is 47.4 Å². The van der Waals surface area contributed by atoms with Gasteiger partial charge in [0.05, 0.1) is 12.3 Å². The van der Waals surface area contributed by atoms with Gasteiger partial charge in [-0.3, -0.25) is 0 Å². The van der Waals surface area contributed by atoms with Crippen LogP contribution in [0.3, 0.4) is 0 Å². The molecule has 1 fully saturated rings. The number of likely N-dealkylation sites (N-methyl/N-ethyl adjacent to an activating group) is 1. The standard InChI is InChI=1S/C18H24N2O2/c1-14-17(15(2)22-19-14)11-20(3)12-18(9-10-21-13-18)16-7-5-4-6-8-16/h4-8H,9-13H2,1-3H3/t18-/m0/s1. The number of nitrogens with zero attached hydrogens (tertiary/aromatic N) is 2. The molecule has 2 aromatic rings. The molecule has 118 valence electrons. The molecule has 2 heterocycles. The molecule has 0 spiro atoms. The highest BCUT2D eigenvalue weighted by Gasteiger charge is 2.37. The minimum atomic E-state index is 0.0922. The van der Waals surface area contributed by atoms with Crippen molar-refractivity contribution in [2.75, 3.05) is 26.8 Å². The van der Waals surface area contributed by atoms with E-state index in [1.54, 1.807) is 0 Å². The zero-order valence-corrected chi connectivity index (χ0v) is 13.6. The van der Waals surface area contributed by atoms with Gasteiger partial charge in [-0.25, -0.2) is 0 Å². The Kier molecular flexibility index (Phi) is 4.32. The monoisotopic (exact) mass is 300 g/mol. The summed E-state index contributed by atoms with van der Waals surface area (Å²) in [4.78, 5) is 2.36. The van der Waals surface area contributed by atoms with E-state index < -0.39 is 0 Å². The van der Waals surface area contributed by atoms with Crippen LogP contribution in [0, 0.1) is 13.8 Å². The highest BCUT2D eigenvalue weighted by Crippen LogP contribution is 2.34. The third-order valence-corrected chi connectivity index (χ3v) is 4.67. The Morgan fingerprint density at radius 2 is 2.00 bits per heavy atom. The van der Waals surface area contributed by atoms with Gasteiger partial charge < -0.3 is 14.2 Å². The molecule has 0 unspecified atom stereocenters. The van der Waals surface area contributed by atoms with Crippen molar-refractivity contribution in [2.24, 2.45) is 0 Å². The summed E-state index contributed by atoms with van der Waals surface area (Å²) >= 11 is 0. The van der Waals surface area contributed by atoms with Gasteiger partial charge in [-0.05, 0) is 32.9 Å². The molecule has 1 saturated heterocycles. The Balaban J connectivity index is 1.77. The molecular weight excluding hydrogens is 276 g/mol. The van der Waals surface area contributed by atoms with Gasteiger partial charge in [0, 0.05) is 30.7 Å². The average Bonchev–Trinajstić information content (AvgIpc) is 3.11. The van der Waals surface area contributed by atoms with E-state index in [1.165, 1.54) is 11.1 Å². The van der Waals surface area contributed by atoms with Crippen molar-refractivity contribution in [1.29, 1.82) is 0 Å². The van der Waals surface area contributed by atoms with Crippen molar-refractivity contribution >= 4 is 0 Å². The number of aryl methyl sites for hydroxylation is 2. The molecule has 1 aromatic heterocycles. The lowest BCUT2D eigenvalue weighted by atomic mass is 9.79. The van der Waals surface area contributed by atoms with E-state index in [0.29, 0.717) is 0 Å². The topological polar surface area (TPSA) is 38.5 Å². The van der Waals surface area contributed by atoms with Gasteiger partial charge in [0.2, 0.25) is 0 Å². The predicted molar refractivity (Wildman–Crippen MR) is 85.9 cm³/mol. The first kappa shape index (κ1) is 15.3. The predicted octanol–water partition coefficient (Wildman–Crippen LogP) is 3.08. The van der Waals surface area contributed by atoms with Crippen LogP contribution in [0.4, 0.5) is 0 Å². The lowest BCUT2D eigenvalue weighted by Gasteiger charge is -2.33. The summed E-state index contributed by atoms with van der Waals surface area (Å²) < 4.78 is 11.0. The molecule has 4 heteroatoms. The third-order valence-electron chi connectivity index (χ3n) is 4.67. The second-order valence-corrected chi connectivity index (χ2v) is 6.42. The summed E-state index contributed by atoms with van der Waals surface area (Å²) in [7, 11) is 2.16. The Morgan fingerprint density at radius 1 is 1.23 bits per heavy atom. The zero-order valence-electron chi connectivity index (χ0n) is 13.6. The van der Waals surface area contributed by atoms with Crippen LogP contribution in [0.25, 0.3) is 0 Å². The Bertz CT molecular complexity index is 596. The summed E-state index contributed by atoms with van der Waals surface area (Å²) in [5.74, 6) is 0.917. The molecule has 0 aliphatic carbocycles. The molecule has 1 aromatic carbocycles. The van der Waals surface area contributed by atoms with Crippen LogP contribution in [-0.4, -0.2) is 36.9 Å². The van der Waals surface area contributed by atoms with Gasteiger partial charge in [-0.2, -0.15) is 0 Å². The van der Waals surface area contributed by atoms with E-state index in [1.807, 2.05) is 13.8 Å². The molecular formula is C18H24N2O2. The summed E-state index contributed by atoms with van der Waals surface area (Å²) in [6.07, 6.45) is 1.07. The SMILES string of the molecule is Cc1noc(C)c1CN(C)C[C@@]1(c2ccccc2)CCOC1. The molecule has 0 N–H and O–H groups in total. The van der Waals surface area contributed by atoms with Gasteiger partial charge >= 0.3 is 0 Å². The van der Waals surface area contributed by atoms with Crippen LogP contribution in [0.1, 0.15) is 29.0 Å². The quantitative estimate of drug-likeness (QED) is 0.850. The third kappa shape index (κ3) is 2.94. The first-order valence-corrected chi connectivity index (χ1v) is 7.84. The fourth-order valence-electron chi connectivity index (χ4n) is 3.41. The normalized spacial score (nSPS) is 21.6. The number of hydrogen-bond donors (Lipinski definition) is 0. The van der Waals surface area contributed by atoms with Crippen molar-refractivity contribution in [3.8, 4) is 0 Å². The first-order chi connectivity index (χ1) is 10.6. The van der Waals surface area contributed by atoms with Gasteiger partial charge in [0.25, 0.3) is 0 Å². The van der Waals surface area contributed by atoms with E-state index in [4.69, 9.17) is 9.26 Å².